The predicted molar refractivity (Wildman–Crippen MR) is 122 cm³/mol. The Hall–Kier alpha value is -1.97. The van der Waals surface area contributed by atoms with Crippen LogP contribution in [0.15, 0.2) is 12.2 Å². The van der Waals surface area contributed by atoms with Gasteiger partial charge in [-0.3, -0.25) is 14.4 Å². The van der Waals surface area contributed by atoms with Crippen molar-refractivity contribution >= 4 is 17.9 Å². The van der Waals surface area contributed by atoms with E-state index in [0.717, 1.165) is 0 Å². The molecular weight excluding hydrogens is 456 g/mol. The van der Waals surface area contributed by atoms with Crippen molar-refractivity contribution in [2.45, 2.75) is 97.4 Å². The molecule has 3 N–H and O–H groups in total. The van der Waals surface area contributed by atoms with Crippen molar-refractivity contribution in [1.82, 2.24) is 0 Å². The van der Waals surface area contributed by atoms with Gasteiger partial charge in [0.1, 0.15) is 18.3 Å². The van der Waals surface area contributed by atoms with E-state index in [2.05, 4.69) is 6.58 Å². The van der Waals surface area contributed by atoms with Crippen molar-refractivity contribution in [3.05, 3.63) is 12.2 Å². The predicted octanol–water partition coefficient (Wildman–Crippen LogP) is 1.51. The lowest BCUT2D eigenvalue weighted by Gasteiger charge is -2.69. The minimum Gasteiger partial charge on any atom is -0.462 e. The molecule has 0 amide bonds. The summed E-state index contributed by atoms with van der Waals surface area (Å²) < 4.78 is 17.5. The zero-order valence-corrected chi connectivity index (χ0v) is 21.3. The fourth-order valence-corrected chi connectivity index (χ4v) is 8.66. The molecule has 196 valence electrons. The quantitative estimate of drug-likeness (QED) is 0.303. The molecule has 0 aromatic heterocycles. The SMILES string of the molecule is C=C1C2CC(OC(C)=O)C3C4(C)C(O)CC(O)C(C)(C)C4C(O)C(OC(C)=O)C3(C2)C1OC(C)=O. The van der Waals surface area contributed by atoms with E-state index in [1.165, 1.54) is 20.8 Å². The van der Waals surface area contributed by atoms with Gasteiger partial charge in [0.15, 0.2) is 0 Å². The van der Waals surface area contributed by atoms with E-state index in [1.54, 1.807) is 0 Å². The first-order valence-electron chi connectivity index (χ1n) is 12.3. The summed E-state index contributed by atoms with van der Waals surface area (Å²) in [6.07, 6.45) is -5.17. The molecule has 35 heavy (non-hydrogen) atoms. The van der Waals surface area contributed by atoms with Crippen LogP contribution in [-0.2, 0) is 28.6 Å². The number of fused-ring (bicyclic) bond motifs is 3. The highest BCUT2D eigenvalue weighted by atomic mass is 16.6. The van der Waals surface area contributed by atoms with Crippen molar-refractivity contribution in [3.63, 3.8) is 0 Å². The Kier molecular flexibility index (Phi) is 6.18. The van der Waals surface area contributed by atoms with Gasteiger partial charge in [-0.2, -0.15) is 0 Å². The maximum Gasteiger partial charge on any atom is 0.303 e. The van der Waals surface area contributed by atoms with Gasteiger partial charge in [0, 0.05) is 44.4 Å². The molecule has 4 aliphatic carbocycles. The molecule has 4 rings (SSSR count). The van der Waals surface area contributed by atoms with Gasteiger partial charge >= 0.3 is 17.9 Å². The second kappa shape index (κ2) is 8.28. The van der Waals surface area contributed by atoms with Crippen molar-refractivity contribution in [3.8, 4) is 0 Å². The molecule has 4 saturated carbocycles. The standard InChI is InChI=1S/C26H38O9/c1-11-15-8-16(33-12(2)27)20-25(7)18(31)9-17(30)24(5,6)21(25)19(32)23(35-14(4)29)26(20,10-15)22(11)34-13(3)28/h15-23,30-32H,1,8-10H2,2-7H3. The molecule has 11 unspecified atom stereocenters. The number of aliphatic hydroxyl groups excluding tert-OH is 3. The zero-order valence-electron chi connectivity index (χ0n) is 21.3. The van der Waals surface area contributed by atoms with Crippen LogP contribution in [0.1, 0.15) is 60.8 Å². The number of ether oxygens (including phenoxy) is 3. The van der Waals surface area contributed by atoms with Gasteiger partial charge in [-0.15, -0.1) is 0 Å². The molecule has 1 spiro atoms. The highest BCUT2D eigenvalue weighted by Gasteiger charge is 2.79. The molecule has 0 aromatic rings. The van der Waals surface area contributed by atoms with Crippen LogP contribution in [0.4, 0.5) is 0 Å². The maximum atomic E-state index is 12.4. The second-order valence-corrected chi connectivity index (χ2v) is 11.9. The van der Waals surface area contributed by atoms with Crippen LogP contribution in [0, 0.1) is 34.0 Å². The Bertz CT molecular complexity index is 943. The first-order chi connectivity index (χ1) is 16.1. The van der Waals surface area contributed by atoms with Crippen LogP contribution in [-0.4, -0.2) is 69.9 Å². The largest absolute Gasteiger partial charge is 0.462 e. The topological polar surface area (TPSA) is 140 Å². The number of aliphatic hydroxyl groups is 3. The Balaban J connectivity index is 2.03. The van der Waals surface area contributed by atoms with E-state index in [0.29, 0.717) is 18.4 Å². The van der Waals surface area contributed by atoms with Gasteiger partial charge in [0.05, 0.1) is 23.7 Å². The highest BCUT2D eigenvalue weighted by molar-refractivity contribution is 5.68. The molecule has 0 heterocycles. The van der Waals surface area contributed by atoms with E-state index >= 15 is 0 Å². The molecule has 4 aliphatic rings. The molecular formula is C26H38O9. The van der Waals surface area contributed by atoms with Gasteiger partial charge in [0.2, 0.25) is 0 Å². The normalized spacial score (nSPS) is 47.8. The maximum absolute atomic E-state index is 12.4. The summed E-state index contributed by atoms with van der Waals surface area (Å²) in [6, 6.07) is 0. The summed E-state index contributed by atoms with van der Waals surface area (Å²) >= 11 is 0. The van der Waals surface area contributed by atoms with Gasteiger partial charge in [-0.1, -0.05) is 27.4 Å². The molecule has 0 aliphatic heterocycles. The van der Waals surface area contributed by atoms with Crippen LogP contribution in [0.3, 0.4) is 0 Å². The van der Waals surface area contributed by atoms with Crippen molar-refractivity contribution in [2.24, 2.45) is 34.0 Å². The van der Waals surface area contributed by atoms with Crippen LogP contribution >= 0.6 is 0 Å². The number of esters is 3. The third kappa shape index (κ3) is 3.49. The monoisotopic (exact) mass is 494 g/mol. The minimum absolute atomic E-state index is 0.0624. The first-order valence-corrected chi connectivity index (χ1v) is 12.3. The molecule has 4 fully saturated rings. The Morgan fingerprint density at radius 1 is 0.857 bits per heavy atom. The summed E-state index contributed by atoms with van der Waals surface area (Å²) in [4.78, 5) is 36.8. The van der Waals surface area contributed by atoms with Crippen molar-refractivity contribution in [2.75, 3.05) is 0 Å². The minimum atomic E-state index is -1.29. The average Bonchev–Trinajstić information content (AvgIpc) is 2.91. The number of carbonyl (C=O) groups is 3. The van der Waals surface area contributed by atoms with Gasteiger partial charge < -0.3 is 29.5 Å². The molecule has 9 heteroatoms. The van der Waals surface area contributed by atoms with E-state index in [1.807, 2.05) is 20.8 Å². The van der Waals surface area contributed by atoms with E-state index < -0.39 is 82.6 Å². The Morgan fingerprint density at radius 3 is 1.97 bits per heavy atom. The lowest BCUT2D eigenvalue weighted by Crippen LogP contribution is -2.77. The highest BCUT2D eigenvalue weighted by Crippen LogP contribution is 2.73. The Morgan fingerprint density at radius 2 is 1.43 bits per heavy atom. The number of rotatable bonds is 3. The average molecular weight is 495 g/mol. The lowest BCUT2D eigenvalue weighted by atomic mass is 9.37. The first kappa shape index (κ1) is 26.1. The molecule has 0 saturated heterocycles. The number of hydrogen-bond donors (Lipinski definition) is 3. The third-order valence-corrected chi connectivity index (χ3v) is 9.66. The second-order valence-electron chi connectivity index (χ2n) is 11.9. The van der Waals surface area contributed by atoms with Gasteiger partial charge in [-0.05, 0) is 29.7 Å². The molecule has 2 bridgehead atoms. The molecule has 9 nitrogen and oxygen atoms in total. The lowest BCUT2D eigenvalue weighted by molar-refractivity contribution is -0.323. The molecule has 0 aromatic carbocycles. The van der Waals surface area contributed by atoms with Crippen LogP contribution in [0.5, 0.6) is 0 Å². The summed E-state index contributed by atoms with van der Waals surface area (Å²) in [5.74, 6) is -3.26. The van der Waals surface area contributed by atoms with Crippen LogP contribution in [0.25, 0.3) is 0 Å². The van der Waals surface area contributed by atoms with E-state index in [9.17, 15) is 29.7 Å². The van der Waals surface area contributed by atoms with E-state index in [-0.39, 0.29) is 12.3 Å². The smallest absolute Gasteiger partial charge is 0.303 e. The van der Waals surface area contributed by atoms with E-state index in [4.69, 9.17) is 14.2 Å². The van der Waals surface area contributed by atoms with Gasteiger partial charge in [-0.25, -0.2) is 0 Å². The molecule has 0 radical (unpaired) electrons. The summed E-state index contributed by atoms with van der Waals surface area (Å²) in [6.45, 7) is 13.5. The van der Waals surface area contributed by atoms with Crippen molar-refractivity contribution < 1.29 is 43.9 Å². The van der Waals surface area contributed by atoms with Crippen LogP contribution < -0.4 is 0 Å². The third-order valence-electron chi connectivity index (χ3n) is 9.66. The summed E-state index contributed by atoms with van der Waals surface area (Å²) in [5.41, 5.74) is -2.51. The van der Waals surface area contributed by atoms with Crippen molar-refractivity contribution in [1.29, 1.82) is 0 Å². The fraction of sp³-hybridized carbons (Fsp3) is 0.808. The molecule has 11 atom stereocenters. The van der Waals surface area contributed by atoms with Crippen LogP contribution in [0.2, 0.25) is 0 Å². The fourth-order valence-electron chi connectivity index (χ4n) is 8.66. The zero-order chi connectivity index (χ0) is 26.2. The number of hydrogen-bond acceptors (Lipinski definition) is 9. The number of carbonyl (C=O) groups excluding carboxylic acids is 3. The Labute approximate surface area is 205 Å². The summed E-state index contributed by atoms with van der Waals surface area (Å²) in [5, 5.41) is 34.4. The van der Waals surface area contributed by atoms with Gasteiger partial charge in [0.25, 0.3) is 0 Å². The summed E-state index contributed by atoms with van der Waals surface area (Å²) in [7, 11) is 0.